The SMILES string of the molecule is CC1C[N+]2(CCCC2)C2(N(C)CC(C)[N+]23CCCC3)N1C. The van der Waals surface area contributed by atoms with E-state index in [1.165, 1.54) is 73.9 Å². The van der Waals surface area contributed by atoms with E-state index < -0.39 is 0 Å². The van der Waals surface area contributed by atoms with Gasteiger partial charge in [0.15, 0.2) is 0 Å². The van der Waals surface area contributed by atoms with Gasteiger partial charge < -0.3 is 0 Å². The fraction of sp³-hybridized carbons (Fsp3) is 1.00. The molecule has 4 heterocycles. The Hall–Kier alpha value is -0.160. The second-order valence-corrected chi connectivity index (χ2v) is 8.46. The maximum absolute atomic E-state index is 2.80. The van der Waals surface area contributed by atoms with Crippen molar-refractivity contribution in [2.24, 2.45) is 0 Å². The van der Waals surface area contributed by atoms with Gasteiger partial charge in [-0.2, -0.15) is 9.80 Å². The fourth-order valence-electron chi connectivity index (χ4n) is 7.12. The molecule has 4 aliphatic rings. The highest BCUT2D eigenvalue weighted by molar-refractivity contribution is 4.92. The third-order valence-electron chi connectivity index (χ3n) is 7.66. The monoisotopic (exact) mass is 294 g/mol. The van der Waals surface area contributed by atoms with E-state index in [1.54, 1.807) is 0 Å². The summed E-state index contributed by atoms with van der Waals surface area (Å²) in [7, 11) is 4.86. The minimum atomic E-state index is 0.242. The summed E-state index contributed by atoms with van der Waals surface area (Å²) in [4.78, 5) is 5.57. The first-order chi connectivity index (χ1) is 10.0. The normalized spacial score (nSPS) is 45.7. The summed E-state index contributed by atoms with van der Waals surface area (Å²) in [6, 6.07) is 1.51. The third kappa shape index (κ3) is 1.41. The molecule has 3 spiro atoms. The molecule has 0 amide bonds. The number of hydrogen-bond acceptors (Lipinski definition) is 2. The van der Waals surface area contributed by atoms with Gasteiger partial charge in [0.1, 0.15) is 12.6 Å². The Morgan fingerprint density at radius 3 is 2.10 bits per heavy atom. The lowest BCUT2D eigenvalue weighted by Crippen LogP contribution is -2.82. The number of nitrogens with zero attached hydrogens (tertiary/aromatic N) is 4. The molecule has 0 aliphatic carbocycles. The highest BCUT2D eigenvalue weighted by atomic mass is 15.9. The van der Waals surface area contributed by atoms with Crippen LogP contribution in [0.1, 0.15) is 39.5 Å². The molecule has 3 atom stereocenters. The number of hydrogen-bond donors (Lipinski definition) is 0. The summed E-state index contributed by atoms with van der Waals surface area (Å²) < 4.78 is 2.73. The second-order valence-electron chi connectivity index (χ2n) is 8.46. The van der Waals surface area contributed by atoms with Gasteiger partial charge in [0.2, 0.25) is 0 Å². The molecule has 0 bridgehead atoms. The van der Waals surface area contributed by atoms with Gasteiger partial charge >= 0.3 is 5.91 Å². The molecule has 0 N–H and O–H groups in total. The van der Waals surface area contributed by atoms with E-state index in [4.69, 9.17) is 0 Å². The van der Waals surface area contributed by atoms with Crippen molar-refractivity contribution in [3.63, 3.8) is 0 Å². The van der Waals surface area contributed by atoms with Crippen LogP contribution in [0.4, 0.5) is 0 Å². The lowest BCUT2D eigenvalue weighted by atomic mass is 10.2. The number of likely N-dealkylation sites (N-methyl/N-ethyl adjacent to an activating group) is 2. The van der Waals surface area contributed by atoms with Crippen molar-refractivity contribution in [3.05, 3.63) is 0 Å². The maximum Gasteiger partial charge on any atom is 0.356 e. The molecule has 0 radical (unpaired) electrons. The Bertz CT molecular complexity index is 425. The van der Waals surface area contributed by atoms with E-state index >= 15 is 0 Å². The van der Waals surface area contributed by atoms with Gasteiger partial charge in [-0.15, -0.1) is 0 Å². The molecular weight excluding hydrogens is 260 g/mol. The van der Waals surface area contributed by atoms with E-state index in [9.17, 15) is 0 Å². The van der Waals surface area contributed by atoms with Crippen LogP contribution in [0.3, 0.4) is 0 Å². The first kappa shape index (κ1) is 14.4. The summed E-state index contributed by atoms with van der Waals surface area (Å²) in [6.07, 6.45) is 5.74. The van der Waals surface area contributed by atoms with Crippen LogP contribution < -0.4 is 0 Å². The van der Waals surface area contributed by atoms with Crippen LogP contribution in [-0.2, 0) is 0 Å². The second kappa shape index (κ2) is 4.44. The number of rotatable bonds is 0. The first-order valence-electron chi connectivity index (χ1n) is 9.17. The van der Waals surface area contributed by atoms with Gasteiger partial charge in [-0.05, 0) is 13.8 Å². The van der Waals surface area contributed by atoms with Crippen molar-refractivity contribution in [2.75, 3.05) is 53.4 Å². The quantitative estimate of drug-likeness (QED) is 0.625. The molecule has 0 aromatic heterocycles. The van der Waals surface area contributed by atoms with Crippen LogP contribution in [0.5, 0.6) is 0 Å². The summed E-state index contributed by atoms with van der Waals surface area (Å²) in [5.74, 6) is 0.242. The molecule has 120 valence electrons. The van der Waals surface area contributed by atoms with Gasteiger partial charge in [0, 0.05) is 39.8 Å². The van der Waals surface area contributed by atoms with Gasteiger partial charge in [-0.25, -0.2) is 8.97 Å². The Morgan fingerprint density at radius 2 is 1.48 bits per heavy atom. The zero-order valence-corrected chi connectivity index (χ0v) is 14.5. The van der Waals surface area contributed by atoms with E-state index in [0.29, 0.717) is 6.04 Å². The van der Waals surface area contributed by atoms with Gasteiger partial charge in [-0.1, -0.05) is 0 Å². The smallest absolute Gasteiger partial charge is 0.241 e. The fourth-order valence-corrected chi connectivity index (χ4v) is 7.12. The molecule has 0 saturated carbocycles. The molecule has 4 nitrogen and oxygen atoms in total. The predicted octanol–water partition coefficient (Wildman–Crippen LogP) is 1.49. The molecule has 4 fully saturated rings. The Kier molecular flexibility index (Phi) is 3.05. The minimum absolute atomic E-state index is 0.242. The molecule has 4 aliphatic heterocycles. The van der Waals surface area contributed by atoms with E-state index in [0.717, 1.165) is 6.04 Å². The highest BCUT2D eigenvalue weighted by Gasteiger charge is 2.79. The molecule has 3 unspecified atom stereocenters. The van der Waals surface area contributed by atoms with Crippen LogP contribution in [0, 0.1) is 0 Å². The van der Waals surface area contributed by atoms with Gasteiger partial charge in [-0.3, -0.25) is 0 Å². The lowest BCUT2D eigenvalue weighted by molar-refractivity contribution is -1.17. The topological polar surface area (TPSA) is 6.48 Å². The Labute approximate surface area is 130 Å². The highest BCUT2D eigenvalue weighted by Crippen LogP contribution is 2.54. The average molecular weight is 294 g/mol. The van der Waals surface area contributed by atoms with Crippen molar-refractivity contribution in [3.8, 4) is 0 Å². The van der Waals surface area contributed by atoms with Crippen LogP contribution in [-0.4, -0.2) is 90.1 Å². The Morgan fingerprint density at radius 1 is 0.905 bits per heavy atom. The number of fused-ring (bicyclic) bond motifs is 2. The molecule has 4 heteroatoms. The molecule has 21 heavy (non-hydrogen) atoms. The van der Waals surface area contributed by atoms with Crippen molar-refractivity contribution in [1.29, 1.82) is 0 Å². The Balaban J connectivity index is 1.92. The van der Waals surface area contributed by atoms with Crippen molar-refractivity contribution in [2.45, 2.75) is 57.5 Å². The van der Waals surface area contributed by atoms with Crippen LogP contribution in [0.2, 0.25) is 0 Å². The van der Waals surface area contributed by atoms with Gasteiger partial charge in [0.05, 0.1) is 38.8 Å². The van der Waals surface area contributed by atoms with Gasteiger partial charge in [0.25, 0.3) is 0 Å². The average Bonchev–Trinajstić information content (AvgIpc) is 3.16. The van der Waals surface area contributed by atoms with Crippen molar-refractivity contribution >= 4 is 0 Å². The van der Waals surface area contributed by atoms with E-state index in [1.807, 2.05) is 0 Å². The standard InChI is InChI=1S/C17H34N4/c1-15-14-20(9-5-6-10-20)17(19(15)4)18(3)13-16(2)21(17)11-7-8-12-21/h15-16H,5-14H2,1-4H3/q+2. The van der Waals surface area contributed by atoms with Crippen LogP contribution in [0.15, 0.2) is 0 Å². The summed E-state index contributed by atoms with van der Waals surface area (Å²) in [5.41, 5.74) is 0. The lowest BCUT2D eigenvalue weighted by Gasteiger charge is -2.56. The maximum atomic E-state index is 2.80. The van der Waals surface area contributed by atoms with Crippen LogP contribution >= 0.6 is 0 Å². The molecular formula is C17H34N4+2. The molecule has 4 rings (SSSR count). The predicted molar refractivity (Wildman–Crippen MR) is 85.4 cm³/mol. The van der Waals surface area contributed by atoms with Crippen LogP contribution in [0.25, 0.3) is 0 Å². The first-order valence-corrected chi connectivity index (χ1v) is 9.17. The minimum Gasteiger partial charge on any atom is -0.241 e. The zero-order valence-electron chi connectivity index (χ0n) is 14.5. The summed E-state index contributed by atoms with van der Waals surface area (Å²) in [5, 5.41) is 0. The number of quaternary nitrogens is 2. The molecule has 4 saturated heterocycles. The summed E-state index contributed by atoms with van der Waals surface area (Å²) in [6.45, 7) is 13.3. The summed E-state index contributed by atoms with van der Waals surface area (Å²) >= 11 is 0. The molecule has 0 aromatic carbocycles. The zero-order chi connectivity index (χ0) is 14.9. The van der Waals surface area contributed by atoms with Crippen molar-refractivity contribution < 1.29 is 8.97 Å². The van der Waals surface area contributed by atoms with Crippen molar-refractivity contribution in [1.82, 2.24) is 9.80 Å². The largest absolute Gasteiger partial charge is 0.356 e. The van der Waals surface area contributed by atoms with E-state index in [2.05, 4.69) is 37.7 Å². The third-order valence-corrected chi connectivity index (χ3v) is 7.66. The van der Waals surface area contributed by atoms with E-state index in [-0.39, 0.29) is 5.91 Å². The molecule has 0 aromatic rings.